The van der Waals surface area contributed by atoms with Crippen LogP contribution < -0.4 is 16.2 Å². The molecule has 0 aliphatic rings. The first kappa shape index (κ1) is 19.0. The van der Waals surface area contributed by atoms with Gasteiger partial charge in [-0.15, -0.1) is 0 Å². The maximum atomic E-state index is 12.4. The van der Waals surface area contributed by atoms with Gasteiger partial charge in [0.15, 0.2) is 0 Å². The first-order valence-corrected chi connectivity index (χ1v) is 9.78. The number of aromatic nitrogens is 4. The molecule has 0 radical (unpaired) electrons. The number of H-pyrrole nitrogens is 1. The standard InChI is InChI=1S/C21H21ClN6O/c1-2-14-5-9-17(10-6-14)23-13-18-11-19(29)28-21(25-18)26-20(27-28)24-12-15-3-7-16(22)8-4-15/h3-11,23H,2,12-13H2,1H3,(H2,24,25,26,27). The van der Waals surface area contributed by atoms with Crippen LogP contribution in [0.1, 0.15) is 23.7 Å². The number of hydrogen-bond acceptors (Lipinski definition) is 5. The predicted octanol–water partition coefficient (Wildman–Crippen LogP) is 3.86. The quantitative estimate of drug-likeness (QED) is 0.432. The van der Waals surface area contributed by atoms with E-state index in [1.165, 1.54) is 16.1 Å². The van der Waals surface area contributed by atoms with Crippen molar-refractivity contribution in [2.24, 2.45) is 0 Å². The van der Waals surface area contributed by atoms with Gasteiger partial charge in [0.25, 0.3) is 11.3 Å². The Kier molecular flexibility index (Phi) is 5.48. The summed E-state index contributed by atoms with van der Waals surface area (Å²) < 4.78 is 1.32. The second-order valence-electron chi connectivity index (χ2n) is 6.68. The monoisotopic (exact) mass is 408 g/mol. The Hall–Kier alpha value is -3.32. The summed E-state index contributed by atoms with van der Waals surface area (Å²) >= 11 is 5.90. The fourth-order valence-electron chi connectivity index (χ4n) is 2.94. The molecule has 0 bridgehead atoms. The van der Waals surface area contributed by atoms with E-state index >= 15 is 0 Å². The Labute approximate surface area is 172 Å². The Morgan fingerprint density at radius 2 is 1.69 bits per heavy atom. The number of halogens is 1. The zero-order chi connectivity index (χ0) is 20.2. The molecule has 0 aliphatic carbocycles. The highest BCUT2D eigenvalue weighted by atomic mass is 35.5. The average molecular weight is 409 g/mol. The van der Waals surface area contributed by atoms with Crippen LogP contribution in [0.4, 0.5) is 11.6 Å². The van der Waals surface area contributed by atoms with E-state index in [-0.39, 0.29) is 5.56 Å². The molecule has 0 atom stereocenters. The normalized spacial score (nSPS) is 11.0. The summed E-state index contributed by atoms with van der Waals surface area (Å²) in [5.74, 6) is 0.805. The summed E-state index contributed by atoms with van der Waals surface area (Å²) in [6, 6.07) is 17.2. The molecule has 3 N–H and O–H groups in total. The van der Waals surface area contributed by atoms with Crippen molar-refractivity contribution < 1.29 is 0 Å². The summed E-state index contributed by atoms with van der Waals surface area (Å²) in [4.78, 5) is 21.2. The number of nitrogens with zero attached hydrogens (tertiary/aromatic N) is 3. The number of rotatable bonds is 7. The Morgan fingerprint density at radius 3 is 2.41 bits per heavy atom. The van der Waals surface area contributed by atoms with Gasteiger partial charge >= 0.3 is 0 Å². The summed E-state index contributed by atoms with van der Waals surface area (Å²) in [5, 5.41) is 10.1. The number of aromatic amines is 1. The molecule has 7 nitrogen and oxygen atoms in total. The van der Waals surface area contributed by atoms with Gasteiger partial charge in [-0.3, -0.25) is 9.89 Å². The topological polar surface area (TPSA) is 87.1 Å². The van der Waals surface area contributed by atoms with E-state index in [0.717, 1.165) is 17.7 Å². The van der Waals surface area contributed by atoms with Crippen LogP contribution in [0.3, 0.4) is 0 Å². The minimum atomic E-state index is -0.208. The van der Waals surface area contributed by atoms with Crippen molar-refractivity contribution in [1.82, 2.24) is 19.6 Å². The van der Waals surface area contributed by atoms with Gasteiger partial charge in [0.2, 0.25) is 5.95 Å². The molecule has 29 heavy (non-hydrogen) atoms. The Balaban J connectivity index is 1.46. The van der Waals surface area contributed by atoms with Crippen molar-refractivity contribution in [3.8, 4) is 0 Å². The number of aryl methyl sites for hydroxylation is 1. The minimum absolute atomic E-state index is 0.208. The number of hydrogen-bond donors (Lipinski definition) is 3. The van der Waals surface area contributed by atoms with Gasteiger partial charge < -0.3 is 10.6 Å². The molecular weight excluding hydrogens is 388 g/mol. The van der Waals surface area contributed by atoms with Crippen LogP contribution in [0.2, 0.25) is 5.02 Å². The minimum Gasteiger partial charge on any atom is -0.379 e. The van der Waals surface area contributed by atoms with Crippen molar-refractivity contribution >= 4 is 29.0 Å². The lowest BCUT2D eigenvalue weighted by Gasteiger charge is -2.06. The van der Waals surface area contributed by atoms with Crippen LogP contribution in [0.5, 0.6) is 0 Å². The summed E-state index contributed by atoms with van der Waals surface area (Å²) in [5.41, 5.74) is 3.74. The van der Waals surface area contributed by atoms with Crippen molar-refractivity contribution in [2.75, 3.05) is 10.6 Å². The zero-order valence-electron chi connectivity index (χ0n) is 15.9. The van der Waals surface area contributed by atoms with Gasteiger partial charge in [-0.05, 0) is 41.8 Å². The van der Waals surface area contributed by atoms with E-state index in [4.69, 9.17) is 11.6 Å². The van der Waals surface area contributed by atoms with E-state index in [1.54, 1.807) is 0 Å². The van der Waals surface area contributed by atoms with E-state index in [9.17, 15) is 4.79 Å². The van der Waals surface area contributed by atoms with Crippen LogP contribution in [-0.2, 0) is 19.5 Å². The van der Waals surface area contributed by atoms with Crippen molar-refractivity contribution in [3.63, 3.8) is 0 Å². The Morgan fingerprint density at radius 1 is 0.966 bits per heavy atom. The van der Waals surface area contributed by atoms with Crippen LogP contribution in [0.25, 0.3) is 5.78 Å². The molecular formula is C21H21ClN6O. The smallest absolute Gasteiger partial charge is 0.274 e. The number of fused-ring (bicyclic) bond motifs is 1. The third-order valence-corrected chi connectivity index (χ3v) is 4.84. The molecule has 8 heteroatoms. The van der Waals surface area contributed by atoms with Crippen LogP contribution >= 0.6 is 11.6 Å². The largest absolute Gasteiger partial charge is 0.379 e. The maximum Gasteiger partial charge on any atom is 0.274 e. The van der Waals surface area contributed by atoms with Gasteiger partial charge in [-0.25, -0.2) is 4.98 Å². The maximum absolute atomic E-state index is 12.4. The third kappa shape index (κ3) is 4.57. The van der Waals surface area contributed by atoms with E-state index in [1.807, 2.05) is 36.4 Å². The van der Waals surface area contributed by atoms with Crippen LogP contribution in [0, 0.1) is 0 Å². The molecule has 0 spiro atoms. The molecule has 2 aromatic heterocycles. The highest BCUT2D eigenvalue weighted by Gasteiger charge is 2.08. The number of anilines is 2. The summed E-state index contributed by atoms with van der Waals surface area (Å²) in [6.07, 6.45) is 1.00. The summed E-state index contributed by atoms with van der Waals surface area (Å²) in [6.45, 7) is 3.11. The fraction of sp³-hybridized carbons (Fsp3) is 0.190. The fourth-order valence-corrected chi connectivity index (χ4v) is 3.06. The number of benzene rings is 2. The molecule has 0 unspecified atom stereocenters. The van der Waals surface area contributed by atoms with Crippen LogP contribution in [-0.4, -0.2) is 19.6 Å². The van der Waals surface area contributed by atoms with Crippen molar-refractivity contribution in [2.45, 2.75) is 26.4 Å². The molecule has 0 fully saturated rings. The molecule has 2 aromatic carbocycles. The zero-order valence-corrected chi connectivity index (χ0v) is 16.7. The number of nitrogens with one attached hydrogen (secondary N) is 3. The van der Waals surface area contributed by atoms with E-state index in [0.29, 0.717) is 35.5 Å². The molecule has 148 valence electrons. The summed E-state index contributed by atoms with van der Waals surface area (Å²) in [7, 11) is 0. The van der Waals surface area contributed by atoms with Crippen LogP contribution in [0.15, 0.2) is 59.4 Å². The first-order chi connectivity index (χ1) is 14.1. The van der Waals surface area contributed by atoms with Gasteiger partial charge in [0.1, 0.15) is 0 Å². The SMILES string of the molecule is CCc1ccc(NCc2cc(=O)n3[nH]c(NCc4ccc(Cl)cc4)nc3n2)cc1. The Bertz CT molecular complexity index is 1160. The second kappa shape index (κ2) is 8.36. The molecule has 0 aliphatic heterocycles. The molecule has 4 rings (SSSR count). The lowest BCUT2D eigenvalue weighted by molar-refractivity contribution is 0.874. The highest BCUT2D eigenvalue weighted by Crippen LogP contribution is 2.12. The predicted molar refractivity (Wildman–Crippen MR) is 116 cm³/mol. The first-order valence-electron chi connectivity index (χ1n) is 9.40. The van der Waals surface area contributed by atoms with Gasteiger partial charge in [0.05, 0.1) is 12.2 Å². The van der Waals surface area contributed by atoms with Crippen molar-refractivity contribution in [3.05, 3.63) is 86.8 Å². The van der Waals surface area contributed by atoms with Gasteiger partial charge in [0, 0.05) is 23.3 Å². The average Bonchev–Trinajstić information content (AvgIpc) is 3.16. The highest BCUT2D eigenvalue weighted by molar-refractivity contribution is 6.30. The van der Waals surface area contributed by atoms with Crippen molar-refractivity contribution in [1.29, 1.82) is 0 Å². The molecule has 4 aromatic rings. The van der Waals surface area contributed by atoms with Gasteiger partial charge in [-0.1, -0.05) is 42.8 Å². The van der Waals surface area contributed by atoms with Gasteiger partial charge in [-0.2, -0.15) is 9.50 Å². The van der Waals surface area contributed by atoms with E-state index < -0.39 is 0 Å². The molecule has 0 saturated heterocycles. The van der Waals surface area contributed by atoms with E-state index in [2.05, 4.69) is 44.8 Å². The molecule has 0 amide bonds. The molecule has 2 heterocycles. The molecule has 0 saturated carbocycles. The lowest BCUT2D eigenvalue weighted by atomic mass is 10.1. The third-order valence-electron chi connectivity index (χ3n) is 4.59. The second-order valence-corrected chi connectivity index (χ2v) is 7.11. The lowest BCUT2D eigenvalue weighted by Crippen LogP contribution is -2.17.